The van der Waals surface area contributed by atoms with E-state index in [9.17, 15) is 4.79 Å². The first kappa shape index (κ1) is 19.0. The number of halogens is 1. The molecule has 7 heteroatoms. The number of nitrogens with zero attached hydrogens (tertiary/aromatic N) is 3. The van der Waals surface area contributed by atoms with E-state index < -0.39 is 0 Å². The molecule has 1 fully saturated rings. The summed E-state index contributed by atoms with van der Waals surface area (Å²) in [5.41, 5.74) is 3.02. The molecule has 3 aromatic rings. The first-order chi connectivity index (χ1) is 13.5. The molecule has 0 spiro atoms. The Labute approximate surface area is 173 Å². The summed E-state index contributed by atoms with van der Waals surface area (Å²) < 4.78 is 2.02. The van der Waals surface area contributed by atoms with E-state index in [1.165, 1.54) is 11.8 Å². The average molecular weight is 413 g/mol. The van der Waals surface area contributed by atoms with Crippen LogP contribution in [0.3, 0.4) is 0 Å². The third-order valence-corrected chi connectivity index (χ3v) is 5.96. The second-order valence-electron chi connectivity index (χ2n) is 6.98. The molecule has 0 aliphatic heterocycles. The van der Waals surface area contributed by atoms with Crippen molar-refractivity contribution < 1.29 is 4.79 Å². The number of hydrogen-bond acceptors (Lipinski definition) is 4. The molecule has 1 aromatic heterocycles. The smallest absolute Gasteiger partial charge is 0.233 e. The van der Waals surface area contributed by atoms with E-state index in [-0.39, 0.29) is 11.2 Å². The monoisotopic (exact) mass is 412 g/mol. The number of hydrogen-bond donors (Lipinski definition) is 1. The van der Waals surface area contributed by atoms with Gasteiger partial charge in [-0.15, -0.1) is 10.2 Å². The number of carbonyl (C=O) groups excluding carboxylic acids is 1. The van der Waals surface area contributed by atoms with Crippen LogP contribution in [0.4, 0.5) is 0 Å². The lowest BCUT2D eigenvalue weighted by atomic mass is 10.1. The molecule has 1 saturated carbocycles. The summed E-state index contributed by atoms with van der Waals surface area (Å²) in [7, 11) is 0. The predicted octanol–water partition coefficient (Wildman–Crippen LogP) is 4.66. The molecule has 0 radical (unpaired) electrons. The normalized spacial score (nSPS) is 14.7. The lowest BCUT2D eigenvalue weighted by Gasteiger charge is -2.15. The average Bonchev–Trinajstić information content (AvgIpc) is 3.41. The standard InChI is InChI=1S/C21H21ClN4OS/c1-13-5-3-4-6-18(13)26-19(15-7-9-16(22)10-8-15)24-25-21(26)28-14(2)20(27)23-17-11-12-17/h3-10,14,17H,11-12H2,1-2H3,(H,23,27). The number of aryl methyl sites for hydroxylation is 1. The zero-order valence-electron chi connectivity index (χ0n) is 15.7. The number of aromatic nitrogens is 3. The minimum Gasteiger partial charge on any atom is -0.352 e. The van der Waals surface area contributed by atoms with Crippen LogP contribution >= 0.6 is 23.4 Å². The number of para-hydroxylation sites is 1. The number of nitrogens with one attached hydrogen (secondary N) is 1. The number of thioether (sulfide) groups is 1. The lowest BCUT2D eigenvalue weighted by molar-refractivity contribution is -0.120. The van der Waals surface area contributed by atoms with Crippen LogP contribution in [0.15, 0.2) is 53.7 Å². The van der Waals surface area contributed by atoms with Gasteiger partial charge in [-0.25, -0.2) is 0 Å². The first-order valence-corrected chi connectivity index (χ1v) is 10.5. The topological polar surface area (TPSA) is 59.8 Å². The maximum Gasteiger partial charge on any atom is 0.233 e. The Kier molecular flexibility index (Phi) is 5.42. The molecule has 1 heterocycles. The van der Waals surface area contributed by atoms with Gasteiger partial charge in [-0.2, -0.15) is 0 Å². The predicted molar refractivity (Wildman–Crippen MR) is 113 cm³/mol. The fraction of sp³-hybridized carbons (Fsp3) is 0.286. The molecule has 0 bridgehead atoms. The van der Waals surface area contributed by atoms with Gasteiger partial charge in [-0.05, 0) is 62.6 Å². The van der Waals surface area contributed by atoms with E-state index in [1.54, 1.807) is 0 Å². The Hall–Kier alpha value is -2.31. The molecule has 1 amide bonds. The van der Waals surface area contributed by atoms with Gasteiger partial charge in [0.1, 0.15) is 0 Å². The van der Waals surface area contributed by atoms with E-state index in [2.05, 4.69) is 28.5 Å². The number of benzene rings is 2. The second kappa shape index (κ2) is 7.97. The number of carbonyl (C=O) groups is 1. The molecule has 28 heavy (non-hydrogen) atoms. The Morgan fingerprint density at radius 3 is 2.57 bits per heavy atom. The quantitative estimate of drug-likeness (QED) is 0.598. The van der Waals surface area contributed by atoms with E-state index in [0.29, 0.717) is 16.2 Å². The summed E-state index contributed by atoms with van der Waals surface area (Å²) in [5, 5.41) is 13.0. The number of rotatable bonds is 6. The van der Waals surface area contributed by atoms with E-state index in [4.69, 9.17) is 11.6 Å². The molecular weight excluding hydrogens is 392 g/mol. The van der Waals surface area contributed by atoms with E-state index in [1.807, 2.05) is 54.0 Å². The van der Waals surface area contributed by atoms with Crippen molar-refractivity contribution in [1.29, 1.82) is 0 Å². The van der Waals surface area contributed by atoms with Gasteiger partial charge >= 0.3 is 0 Å². The molecule has 144 valence electrons. The summed E-state index contributed by atoms with van der Waals surface area (Å²) in [5.74, 6) is 0.767. The van der Waals surface area contributed by atoms with Gasteiger partial charge in [-0.1, -0.05) is 41.6 Å². The van der Waals surface area contributed by atoms with Gasteiger partial charge in [0.2, 0.25) is 5.91 Å². The fourth-order valence-corrected chi connectivity index (χ4v) is 3.92. The molecule has 1 N–H and O–H groups in total. The van der Waals surface area contributed by atoms with Gasteiger partial charge < -0.3 is 5.32 Å². The molecule has 5 nitrogen and oxygen atoms in total. The van der Waals surface area contributed by atoms with Crippen LogP contribution in [0.25, 0.3) is 17.1 Å². The summed E-state index contributed by atoms with van der Waals surface area (Å²) in [6, 6.07) is 16.0. The van der Waals surface area contributed by atoms with Crippen molar-refractivity contribution in [3.63, 3.8) is 0 Å². The van der Waals surface area contributed by atoms with Crippen molar-refractivity contribution in [3.8, 4) is 17.1 Å². The molecule has 1 unspecified atom stereocenters. The molecule has 0 saturated heterocycles. The summed E-state index contributed by atoms with van der Waals surface area (Å²) in [4.78, 5) is 12.4. The Morgan fingerprint density at radius 1 is 1.18 bits per heavy atom. The minimum absolute atomic E-state index is 0.0416. The Bertz CT molecular complexity index is 998. The molecule has 4 rings (SSSR count). The highest BCUT2D eigenvalue weighted by molar-refractivity contribution is 8.00. The fourth-order valence-electron chi connectivity index (χ4n) is 2.92. The third kappa shape index (κ3) is 4.08. The molecule has 1 aliphatic rings. The van der Waals surface area contributed by atoms with Crippen LogP contribution in [-0.2, 0) is 4.79 Å². The van der Waals surface area contributed by atoms with Crippen molar-refractivity contribution >= 4 is 29.3 Å². The number of amides is 1. The molecule has 2 aromatic carbocycles. The molecular formula is C21H21ClN4OS. The maximum atomic E-state index is 12.4. The highest BCUT2D eigenvalue weighted by Crippen LogP contribution is 2.32. The zero-order valence-corrected chi connectivity index (χ0v) is 17.3. The van der Waals surface area contributed by atoms with Crippen molar-refractivity contribution in [2.24, 2.45) is 0 Å². The summed E-state index contributed by atoms with van der Waals surface area (Å²) in [6.07, 6.45) is 2.15. The van der Waals surface area contributed by atoms with Crippen LogP contribution in [0.1, 0.15) is 25.3 Å². The summed E-state index contributed by atoms with van der Waals surface area (Å²) in [6.45, 7) is 3.96. The van der Waals surface area contributed by atoms with Crippen molar-refractivity contribution in [2.45, 2.75) is 43.1 Å². The van der Waals surface area contributed by atoms with E-state index >= 15 is 0 Å². The highest BCUT2D eigenvalue weighted by atomic mass is 35.5. The van der Waals surface area contributed by atoms with E-state index in [0.717, 1.165) is 35.5 Å². The Morgan fingerprint density at radius 2 is 1.89 bits per heavy atom. The van der Waals surface area contributed by atoms with Gasteiger partial charge in [0.05, 0.1) is 10.9 Å². The second-order valence-corrected chi connectivity index (χ2v) is 8.72. The van der Waals surface area contributed by atoms with Crippen molar-refractivity contribution in [1.82, 2.24) is 20.1 Å². The van der Waals surface area contributed by atoms with Crippen molar-refractivity contribution in [3.05, 3.63) is 59.1 Å². The minimum atomic E-state index is -0.259. The highest BCUT2D eigenvalue weighted by Gasteiger charge is 2.27. The largest absolute Gasteiger partial charge is 0.352 e. The first-order valence-electron chi connectivity index (χ1n) is 9.27. The van der Waals surface area contributed by atoms with Crippen LogP contribution in [0, 0.1) is 6.92 Å². The van der Waals surface area contributed by atoms with Crippen molar-refractivity contribution in [2.75, 3.05) is 0 Å². The van der Waals surface area contributed by atoms with Gasteiger partial charge in [0.25, 0.3) is 0 Å². The zero-order chi connectivity index (χ0) is 19.7. The van der Waals surface area contributed by atoms with Crippen LogP contribution in [0.2, 0.25) is 5.02 Å². The van der Waals surface area contributed by atoms with Gasteiger partial charge in [0, 0.05) is 16.6 Å². The van der Waals surface area contributed by atoms with Gasteiger partial charge in [-0.3, -0.25) is 9.36 Å². The molecule has 1 aliphatic carbocycles. The SMILES string of the molecule is Cc1ccccc1-n1c(SC(C)C(=O)NC2CC2)nnc1-c1ccc(Cl)cc1. The third-order valence-electron chi connectivity index (χ3n) is 4.67. The Balaban J connectivity index is 1.72. The van der Waals surface area contributed by atoms with Crippen LogP contribution in [-0.4, -0.2) is 32.0 Å². The lowest BCUT2D eigenvalue weighted by Crippen LogP contribution is -2.32. The maximum absolute atomic E-state index is 12.4. The van der Waals surface area contributed by atoms with Crippen LogP contribution in [0.5, 0.6) is 0 Å². The van der Waals surface area contributed by atoms with Crippen LogP contribution < -0.4 is 5.32 Å². The van der Waals surface area contributed by atoms with Gasteiger partial charge in [0.15, 0.2) is 11.0 Å². The molecule has 1 atom stereocenters. The summed E-state index contributed by atoms with van der Waals surface area (Å²) >= 11 is 7.47.